The molecule has 1 N–H and O–H groups in total. The summed E-state index contributed by atoms with van der Waals surface area (Å²) < 4.78 is 15.3. The van der Waals surface area contributed by atoms with Crippen LogP contribution in [0.5, 0.6) is 0 Å². The molecule has 0 spiro atoms. The average molecular weight is 312 g/mol. The van der Waals surface area contributed by atoms with Crippen molar-refractivity contribution in [3.63, 3.8) is 0 Å². The first-order valence-corrected chi connectivity index (χ1v) is 7.37. The van der Waals surface area contributed by atoms with Crippen LogP contribution in [-0.2, 0) is 0 Å². The quantitative estimate of drug-likeness (QED) is 0.803. The monoisotopic (exact) mass is 312 g/mol. The van der Waals surface area contributed by atoms with E-state index in [1.54, 1.807) is 42.1 Å². The molecule has 3 rings (SSSR count). The first-order valence-electron chi connectivity index (χ1n) is 7.37. The van der Waals surface area contributed by atoms with E-state index in [1.165, 1.54) is 6.07 Å². The fourth-order valence-corrected chi connectivity index (χ4v) is 2.45. The minimum Gasteiger partial charge on any atom is -0.335 e. The van der Waals surface area contributed by atoms with Crippen LogP contribution in [-0.4, -0.2) is 14.5 Å². The van der Waals surface area contributed by atoms with Crippen LogP contribution in [0.3, 0.4) is 0 Å². The second-order valence-corrected chi connectivity index (χ2v) is 5.68. The van der Waals surface area contributed by atoms with Gasteiger partial charge < -0.3 is 5.32 Å². The summed E-state index contributed by atoms with van der Waals surface area (Å²) in [5.74, 6) is -0.162. The molecular formula is C17H17FN4O. The minimum absolute atomic E-state index is 0.0486. The molecule has 0 bridgehead atoms. The van der Waals surface area contributed by atoms with Crippen LogP contribution < -0.4 is 10.9 Å². The minimum atomic E-state index is -0.329. The van der Waals surface area contributed by atoms with E-state index in [1.807, 2.05) is 13.8 Å². The Morgan fingerprint density at radius 3 is 2.74 bits per heavy atom. The van der Waals surface area contributed by atoms with E-state index in [9.17, 15) is 9.18 Å². The average Bonchev–Trinajstić information content (AvgIpc) is 2.51. The third kappa shape index (κ3) is 2.79. The molecule has 2 heterocycles. The number of benzene rings is 1. The number of aromatic nitrogens is 3. The third-order valence-electron chi connectivity index (χ3n) is 3.64. The molecule has 23 heavy (non-hydrogen) atoms. The number of hydrogen-bond donors (Lipinski definition) is 1. The molecule has 2 aromatic heterocycles. The van der Waals surface area contributed by atoms with Crippen molar-refractivity contribution in [1.82, 2.24) is 14.5 Å². The fourth-order valence-electron chi connectivity index (χ4n) is 2.45. The van der Waals surface area contributed by atoms with Crippen LogP contribution in [0, 0.1) is 12.7 Å². The largest absolute Gasteiger partial charge is 0.335 e. The van der Waals surface area contributed by atoms with Gasteiger partial charge in [0.1, 0.15) is 5.82 Å². The van der Waals surface area contributed by atoms with E-state index >= 15 is 0 Å². The molecule has 118 valence electrons. The smallest absolute Gasteiger partial charge is 0.294 e. The Balaban J connectivity index is 2.15. The van der Waals surface area contributed by atoms with Crippen molar-refractivity contribution in [2.24, 2.45) is 0 Å². The Labute approximate surface area is 132 Å². The van der Waals surface area contributed by atoms with Crippen molar-refractivity contribution < 1.29 is 4.39 Å². The SMILES string of the molecule is Cc1ccc(Nc2nc3ccncc3n(C(C)C)c2=O)cc1F. The van der Waals surface area contributed by atoms with Gasteiger partial charge in [0.2, 0.25) is 0 Å². The van der Waals surface area contributed by atoms with Crippen molar-refractivity contribution in [3.05, 3.63) is 58.4 Å². The highest BCUT2D eigenvalue weighted by molar-refractivity contribution is 5.76. The van der Waals surface area contributed by atoms with Crippen molar-refractivity contribution in [3.8, 4) is 0 Å². The van der Waals surface area contributed by atoms with Crippen LogP contribution in [0.15, 0.2) is 41.5 Å². The van der Waals surface area contributed by atoms with Crippen LogP contribution in [0.2, 0.25) is 0 Å². The third-order valence-corrected chi connectivity index (χ3v) is 3.64. The molecule has 0 fully saturated rings. The maximum absolute atomic E-state index is 13.7. The van der Waals surface area contributed by atoms with E-state index in [2.05, 4.69) is 15.3 Å². The molecule has 3 aromatic rings. The standard InChI is InChI=1S/C17H17FN4O/c1-10(2)22-15-9-19-7-6-14(15)21-16(17(22)23)20-12-5-4-11(3)13(18)8-12/h4-10H,1-3H3,(H,20,21). The van der Waals surface area contributed by atoms with Crippen LogP contribution in [0.25, 0.3) is 11.0 Å². The molecule has 0 unspecified atom stereocenters. The number of nitrogens with zero attached hydrogens (tertiary/aromatic N) is 3. The molecule has 0 aliphatic carbocycles. The molecule has 0 saturated heterocycles. The summed E-state index contributed by atoms with van der Waals surface area (Å²) in [5, 5.41) is 2.92. The number of halogens is 1. The van der Waals surface area contributed by atoms with Crippen molar-refractivity contribution in [2.45, 2.75) is 26.8 Å². The van der Waals surface area contributed by atoms with Gasteiger partial charge in [-0.2, -0.15) is 0 Å². The van der Waals surface area contributed by atoms with Gasteiger partial charge in [-0.3, -0.25) is 14.3 Å². The highest BCUT2D eigenvalue weighted by Gasteiger charge is 2.14. The Kier molecular flexibility index (Phi) is 3.82. The molecule has 0 aliphatic rings. The normalized spacial score (nSPS) is 11.2. The lowest BCUT2D eigenvalue weighted by molar-refractivity contribution is 0.598. The first kappa shape index (κ1) is 15.1. The molecule has 1 aromatic carbocycles. The molecule has 0 saturated carbocycles. The van der Waals surface area contributed by atoms with Crippen molar-refractivity contribution in [1.29, 1.82) is 0 Å². The van der Waals surface area contributed by atoms with E-state index in [0.29, 0.717) is 22.3 Å². The molecule has 0 aliphatic heterocycles. The zero-order valence-corrected chi connectivity index (χ0v) is 13.2. The van der Waals surface area contributed by atoms with Gasteiger partial charge >= 0.3 is 0 Å². The predicted molar refractivity (Wildman–Crippen MR) is 88.6 cm³/mol. The number of pyridine rings is 1. The molecule has 0 amide bonds. The van der Waals surface area contributed by atoms with Gasteiger partial charge in [-0.1, -0.05) is 6.07 Å². The number of fused-ring (bicyclic) bond motifs is 1. The Morgan fingerprint density at radius 2 is 2.04 bits per heavy atom. The summed E-state index contributed by atoms with van der Waals surface area (Å²) in [5.41, 5.74) is 2.10. The van der Waals surface area contributed by atoms with Crippen LogP contribution >= 0.6 is 0 Å². The summed E-state index contributed by atoms with van der Waals surface area (Å²) in [6, 6.07) is 6.42. The molecule has 0 atom stereocenters. The fraction of sp³-hybridized carbons (Fsp3) is 0.235. The van der Waals surface area contributed by atoms with Crippen LogP contribution in [0.1, 0.15) is 25.5 Å². The lowest BCUT2D eigenvalue weighted by Gasteiger charge is -2.15. The Bertz CT molecular complexity index is 934. The first-order chi connectivity index (χ1) is 11.0. The van der Waals surface area contributed by atoms with E-state index < -0.39 is 0 Å². The Morgan fingerprint density at radius 1 is 1.26 bits per heavy atom. The lowest BCUT2D eigenvalue weighted by Crippen LogP contribution is -2.26. The molecule has 6 heteroatoms. The summed E-state index contributed by atoms with van der Waals surface area (Å²) in [7, 11) is 0. The Hall–Kier alpha value is -2.76. The summed E-state index contributed by atoms with van der Waals surface area (Å²) >= 11 is 0. The van der Waals surface area contributed by atoms with Crippen molar-refractivity contribution >= 4 is 22.5 Å². The zero-order valence-electron chi connectivity index (χ0n) is 13.2. The highest BCUT2D eigenvalue weighted by Crippen LogP contribution is 2.19. The summed E-state index contributed by atoms with van der Waals surface area (Å²) in [6.07, 6.45) is 3.25. The van der Waals surface area contributed by atoms with Gasteiger partial charge in [-0.05, 0) is 44.5 Å². The maximum atomic E-state index is 13.7. The molecular weight excluding hydrogens is 295 g/mol. The van der Waals surface area contributed by atoms with Gasteiger partial charge in [-0.25, -0.2) is 9.37 Å². The van der Waals surface area contributed by atoms with E-state index in [0.717, 1.165) is 0 Å². The van der Waals surface area contributed by atoms with Gasteiger partial charge in [0.05, 0.1) is 17.2 Å². The van der Waals surface area contributed by atoms with Crippen LogP contribution in [0.4, 0.5) is 15.9 Å². The zero-order chi connectivity index (χ0) is 16.6. The topological polar surface area (TPSA) is 59.8 Å². The molecule has 0 radical (unpaired) electrons. The second kappa shape index (κ2) is 5.79. The number of hydrogen-bond acceptors (Lipinski definition) is 4. The lowest BCUT2D eigenvalue weighted by atomic mass is 10.2. The number of nitrogens with one attached hydrogen (secondary N) is 1. The van der Waals surface area contributed by atoms with Gasteiger partial charge in [0, 0.05) is 17.9 Å². The second-order valence-electron chi connectivity index (χ2n) is 5.68. The van der Waals surface area contributed by atoms with Gasteiger partial charge in [0.15, 0.2) is 5.82 Å². The number of aryl methyl sites for hydroxylation is 1. The van der Waals surface area contributed by atoms with Crippen molar-refractivity contribution in [2.75, 3.05) is 5.32 Å². The highest BCUT2D eigenvalue weighted by atomic mass is 19.1. The predicted octanol–water partition coefficient (Wildman–Crippen LogP) is 3.56. The number of anilines is 2. The summed E-state index contributed by atoms with van der Waals surface area (Å²) in [4.78, 5) is 21.1. The maximum Gasteiger partial charge on any atom is 0.294 e. The van der Waals surface area contributed by atoms with Gasteiger partial charge in [0.25, 0.3) is 5.56 Å². The summed E-state index contributed by atoms with van der Waals surface area (Å²) in [6.45, 7) is 5.53. The number of rotatable bonds is 3. The van der Waals surface area contributed by atoms with E-state index in [-0.39, 0.29) is 23.2 Å². The van der Waals surface area contributed by atoms with E-state index in [4.69, 9.17) is 0 Å². The molecule has 5 nitrogen and oxygen atoms in total. The van der Waals surface area contributed by atoms with Gasteiger partial charge in [-0.15, -0.1) is 0 Å².